The molecule has 3 rings (SSSR count). The number of allylic oxidation sites excluding steroid dienone is 2. The summed E-state index contributed by atoms with van der Waals surface area (Å²) >= 11 is 6.26. The van der Waals surface area contributed by atoms with E-state index in [1.165, 1.54) is 6.20 Å². The van der Waals surface area contributed by atoms with Crippen LogP contribution < -0.4 is 16.2 Å². The molecule has 0 aliphatic carbocycles. The van der Waals surface area contributed by atoms with E-state index in [2.05, 4.69) is 17.6 Å². The maximum atomic E-state index is 6.26. The van der Waals surface area contributed by atoms with E-state index in [4.69, 9.17) is 32.8 Å². The predicted molar refractivity (Wildman–Crippen MR) is 121 cm³/mol. The highest BCUT2D eigenvalue weighted by atomic mass is 35.5. The van der Waals surface area contributed by atoms with Crippen LogP contribution >= 0.6 is 11.6 Å². The van der Waals surface area contributed by atoms with E-state index in [9.17, 15) is 0 Å². The number of anilines is 2. The minimum absolute atomic E-state index is 0.157. The summed E-state index contributed by atoms with van der Waals surface area (Å²) in [6.07, 6.45) is 5.23. The number of hydrogen-bond acceptors (Lipinski definition) is 6. The van der Waals surface area contributed by atoms with Crippen LogP contribution in [0.25, 0.3) is 16.6 Å². The summed E-state index contributed by atoms with van der Waals surface area (Å²) < 4.78 is 6.07. The number of rotatable bonds is 6. The van der Waals surface area contributed by atoms with E-state index in [1.54, 1.807) is 6.08 Å². The normalized spacial score (nSPS) is 11.5. The fourth-order valence-electron chi connectivity index (χ4n) is 3.12. The number of fused-ring (bicyclic) bond motifs is 1. The number of nitrogen functional groups attached to an aromatic ring is 2. The number of nitrogens with zero attached hydrogens (tertiary/aromatic N) is 3. The molecule has 150 valence electrons. The zero-order chi connectivity index (χ0) is 21.1. The molecule has 0 saturated carbocycles. The summed E-state index contributed by atoms with van der Waals surface area (Å²) in [6, 6.07) is 7.89. The monoisotopic (exact) mass is 409 g/mol. The number of aromatic nitrogens is 2. The molecule has 0 atom stereocenters. The van der Waals surface area contributed by atoms with Gasteiger partial charge in [0.15, 0.2) is 0 Å². The number of benzene rings is 1. The molecule has 0 saturated heterocycles. The van der Waals surface area contributed by atoms with Gasteiger partial charge in [-0.25, -0.2) is 9.97 Å². The van der Waals surface area contributed by atoms with Crippen molar-refractivity contribution < 1.29 is 4.74 Å². The Labute approximate surface area is 175 Å². The van der Waals surface area contributed by atoms with Crippen LogP contribution in [0.4, 0.5) is 11.5 Å². The predicted octanol–water partition coefficient (Wildman–Crippen LogP) is 4.42. The first kappa shape index (κ1) is 20.5. The second-order valence-corrected chi connectivity index (χ2v) is 7.20. The number of para-hydroxylation sites is 1. The van der Waals surface area contributed by atoms with Gasteiger partial charge in [-0.3, -0.25) is 0 Å². The van der Waals surface area contributed by atoms with E-state index < -0.39 is 0 Å². The Kier molecular flexibility index (Phi) is 5.94. The molecule has 0 amide bonds. The molecule has 0 bridgehead atoms. The van der Waals surface area contributed by atoms with Gasteiger partial charge in [-0.15, -0.1) is 0 Å². The van der Waals surface area contributed by atoms with Gasteiger partial charge in [0.25, 0.3) is 0 Å². The van der Waals surface area contributed by atoms with Gasteiger partial charge in [0.2, 0.25) is 0 Å². The summed E-state index contributed by atoms with van der Waals surface area (Å²) in [6.45, 7) is 5.95. The Morgan fingerprint density at radius 1 is 1.31 bits per heavy atom. The average Bonchev–Trinajstić information content (AvgIpc) is 2.68. The van der Waals surface area contributed by atoms with Crippen LogP contribution in [0.1, 0.15) is 16.8 Å². The molecule has 2 heterocycles. The van der Waals surface area contributed by atoms with Gasteiger partial charge in [-0.05, 0) is 25.1 Å². The Morgan fingerprint density at radius 3 is 2.76 bits per heavy atom. The van der Waals surface area contributed by atoms with Crippen LogP contribution in [0.3, 0.4) is 0 Å². The van der Waals surface area contributed by atoms with E-state index in [1.807, 2.05) is 50.2 Å². The van der Waals surface area contributed by atoms with Crippen molar-refractivity contribution in [2.75, 3.05) is 25.6 Å². The Morgan fingerprint density at radius 2 is 2.07 bits per heavy atom. The van der Waals surface area contributed by atoms with Crippen molar-refractivity contribution in [2.24, 2.45) is 0 Å². The SMILES string of the molecule is C=C/C=C(/c1cc(C)nc2c(OCc3c(N)cnc(N)c3Cl)cccc12)N(C)C. The molecule has 1 aromatic carbocycles. The first-order valence-corrected chi connectivity index (χ1v) is 9.43. The number of nitrogens with two attached hydrogens (primary N) is 2. The van der Waals surface area contributed by atoms with E-state index in [0.717, 1.165) is 27.9 Å². The largest absolute Gasteiger partial charge is 0.486 e. The molecule has 0 aliphatic rings. The molecule has 0 unspecified atom stereocenters. The molecule has 0 radical (unpaired) electrons. The Bertz CT molecular complexity index is 1110. The topological polar surface area (TPSA) is 90.3 Å². The van der Waals surface area contributed by atoms with Crippen molar-refractivity contribution >= 4 is 39.7 Å². The fraction of sp³-hybridized carbons (Fsp3) is 0.182. The Hall–Kier alpha value is -3.25. The first-order chi connectivity index (χ1) is 13.8. The molecule has 6 nitrogen and oxygen atoms in total. The van der Waals surface area contributed by atoms with Crippen molar-refractivity contribution in [2.45, 2.75) is 13.5 Å². The highest BCUT2D eigenvalue weighted by Crippen LogP contribution is 2.33. The van der Waals surface area contributed by atoms with E-state index in [-0.39, 0.29) is 12.4 Å². The summed E-state index contributed by atoms with van der Waals surface area (Å²) in [5.41, 5.74) is 16.5. The lowest BCUT2D eigenvalue weighted by Crippen LogP contribution is -2.11. The Balaban J connectivity index is 2.08. The number of halogens is 1. The molecule has 7 heteroatoms. The van der Waals surface area contributed by atoms with Crippen molar-refractivity contribution in [3.8, 4) is 5.75 Å². The second-order valence-electron chi connectivity index (χ2n) is 6.83. The molecule has 2 aromatic heterocycles. The minimum Gasteiger partial charge on any atom is -0.486 e. The van der Waals surface area contributed by atoms with Gasteiger partial charge in [-0.1, -0.05) is 36.4 Å². The number of hydrogen-bond donors (Lipinski definition) is 2. The quantitative estimate of drug-likeness (QED) is 0.585. The maximum absolute atomic E-state index is 6.26. The lowest BCUT2D eigenvalue weighted by Gasteiger charge is -2.20. The molecule has 0 fully saturated rings. The highest BCUT2D eigenvalue weighted by molar-refractivity contribution is 6.33. The summed E-state index contributed by atoms with van der Waals surface area (Å²) in [7, 11) is 3.99. The summed E-state index contributed by atoms with van der Waals surface area (Å²) in [5, 5.41) is 1.28. The third-order valence-corrected chi connectivity index (χ3v) is 4.94. The number of aryl methyl sites for hydroxylation is 1. The van der Waals surface area contributed by atoms with E-state index in [0.29, 0.717) is 22.0 Å². The molecule has 29 heavy (non-hydrogen) atoms. The van der Waals surface area contributed by atoms with Crippen LogP contribution in [0, 0.1) is 6.92 Å². The average molecular weight is 410 g/mol. The third-order valence-electron chi connectivity index (χ3n) is 4.52. The van der Waals surface area contributed by atoms with Crippen LogP contribution in [0.5, 0.6) is 5.75 Å². The second kappa shape index (κ2) is 8.41. The molecule has 4 N–H and O–H groups in total. The maximum Gasteiger partial charge on any atom is 0.146 e. The lowest BCUT2D eigenvalue weighted by molar-refractivity contribution is 0.310. The van der Waals surface area contributed by atoms with Gasteiger partial charge in [-0.2, -0.15) is 0 Å². The lowest BCUT2D eigenvalue weighted by atomic mass is 10.0. The van der Waals surface area contributed by atoms with Crippen LogP contribution in [0.15, 0.2) is 49.2 Å². The standard InChI is InChI=1S/C22H24ClN5O/c1-5-7-18(28(3)4)15-10-13(2)27-21-14(15)8-6-9-19(21)29-12-16-17(24)11-26-22(25)20(16)23/h5-11H,1,12,24H2,2-4H3,(H2,25,26)/b18-7-. The smallest absolute Gasteiger partial charge is 0.146 e. The van der Waals surface area contributed by atoms with Gasteiger partial charge in [0.1, 0.15) is 23.7 Å². The molecule has 0 spiro atoms. The molecule has 0 aliphatic heterocycles. The fourth-order valence-corrected chi connectivity index (χ4v) is 3.33. The van der Waals surface area contributed by atoms with Gasteiger partial charge in [0, 0.05) is 42.0 Å². The summed E-state index contributed by atoms with van der Waals surface area (Å²) in [5.74, 6) is 0.855. The first-order valence-electron chi connectivity index (χ1n) is 9.05. The third kappa shape index (κ3) is 4.12. The zero-order valence-corrected chi connectivity index (χ0v) is 17.5. The molecule has 3 aromatic rings. The van der Waals surface area contributed by atoms with Crippen molar-refractivity contribution in [3.63, 3.8) is 0 Å². The van der Waals surface area contributed by atoms with Gasteiger partial charge < -0.3 is 21.1 Å². The van der Waals surface area contributed by atoms with Crippen LogP contribution in [-0.4, -0.2) is 29.0 Å². The van der Waals surface area contributed by atoms with Crippen molar-refractivity contribution in [1.29, 1.82) is 0 Å². The van der Waals surface area contributed by atoms with Crippen LogP contribution in [-0.2, 0) is 6.61 Å². The minimum atomic E-state index is 0.157. The highest BCUT2D eigenvalue weighted by Gasteiger charge is 2.15. The molecular formula is C22H24ClN5O. The number of ether oxygens (including phenoxy) is 1. The number of pyridine rings is 2. The van der Waals surface area contributed by atoms with Crippen molar-refractivity contribution in [1.82, 2.24) is 14.9 Å². The molecular weight excluding hydrogens is 386 g/mol. The van der Waals surface area contributed by atoms with Crippen molar-refractivity contribution in [3.05, 3.63) is 71.0 Å². The van der Waals surface area contributed by atoms with E-state index >= 15 is 0 Å². The summed E-state index contributed by atoms with van der Waals surface area (Å²) in [4.78, 5) is 10.7. The van der Waals surface area contributed by atoms with Crippen LogP contribution in [0.2, 0.25) is 5.02 Å². The van der Waals surface area contributed by atoms with Gasteiger partial charge >= 0.3 is 0 Å². The van der Waals surface area contributed by atoms with Gasteiger partial charge in [0.05, 0.1) is 16.9 Å². The zero-order valence-electron chi connectivity index (χ0n) is 16.7.